The summed E-state index contributed by atoms with van der Waals surface area (Å²) in [6.45, 7) is 1.53. The molecular formula is C21H17N3O3. The van der Waals surface area contributed by atoms with Crippen LogP contribution in [0.25, 0.3) is 16.8 Å². The van der Waals surface area contributed by atoms with Crippen molar-refractivity contribution in [3.8, 4) is 22.9 Å². The molecule has 6 nitrogen and oxygen atoms in total. The van der Waals surface area contributed by atoms with Gasteiger partial charge in [-0.3, -0.25) is 4.79 Å². The van der Waals surface area contributed by atoms with Crippen LogP contribution in [0.2, 0.25) is 0 Å². The molecule has 0 aliphatic heterocycles. The van der Waals surface area contributed by atoms with Gasteiger partial charge < -0.3 is 15.0 Å². The van der Waals surface area contributed by atoms with Crippen LogP contribution >= 0.6 is 0 Å². The maximum absolute atomic E-state index is 12.1. The van der Waals surface area contributed by atoms with E-state index in [9.17, 15) is 14.9 Å². The molecule has 0 aliphatic rings. The summed E-state index contributed by atoms with van der Waals surface area (Å²) in [4.78, 5) is 23.7. The van der Waals surface area contributed by atoms with Gasteiger partial charge in [-0.05, 0) is 36.2 Å². The maximum Gasteiger partial charge on any atom is 0.357 e. The van der Waals surface area contributed by atoms with E-state index in [1.54, 1.807) is 6.07 Å². The normalized spacial score (nSPS) is 10.3. The molecule has 2 aromatic carbocycles. The van der Waals surface area contributed by atoms with E-state index in [4.69, 9.17) is 10.5 Å². The number of aromatic nitrogens is 1. The molecule has 0 saturated heterocycles. The molecule has 134 valence electrons. The highest BCUT2D eigenvalue weighted by Gasteiger charge is 2.21. The molecule has 0 spiro atoms. The molecule has 0 bridgehead atoms. The number of nitrogens with two attached hydrogens (primary N) is 1. The molecule has 0 aliphatic carbocycles. The zero-order valence-corrected chi connectivity index (χ0v) is 14.9. The average Bonchev–Trinajstić information content (AvgIpc) is 3.04. The van der Waals surface area contributed by atoms with Crippen molar-refractivity contribution in [3.05, 3.63) is 71.5 Å². The lowest BCUT2D eigenvalue weighted by atomic mass is 10.0. The Kier molecular flexibility index (Phi) is 4.77. The number of ketones is 1. The number of carbonyl (C=O) groups excluding carboxylic acids is 2. The van der Waals surface area contributed by atoms with E-state index in [2.05, 4.69) is 0 Å². The van der Waals surface area contributed by atoms with E-state index < -0.39 is 5.97 Å². The van der Waals surface area contributed by atoms with Crippen LogP contribution in [-0.4, -0.2) is 23.4 Å². The maximum atomic E-state index is 12.1. The third kappa shape index (κ3) is 3.31. The molecule has 0 atom stereocenters. The lowest BCUT2D eigenvalue weighted by Crippen LogP contribution is -2.11. The summed E-state index contributed by atoms with van der Waals surface area (Å²) >= 11 is 0. The number of ether oxygens (including phenoxy) is 1. The van der Waals surface area contributed by atoms with Crippen LogP contribution in [0.4, 0.5) is 5.69 Å². The number of hydrogen-bond acceptors (Lipinski definition) is 5. The molecule has 0 radical (unpaired) electrons. The molecule has 1 heterocycles. The van der Waals surface area contributed by atoms with Gasteiger partial charge in [-0.25, -0.2) is 4.79 Å². The Morgan fingerprint density at radius 1 is 1.11 bits per heavy atom. The number of hydrogen-bond donors (Lipinski definition) is 1. The second kappa shape index (κ2) is 7.18. The van der Waals surface area contributed by atoms with Gasteiger partial charge in [0.05, 0.1) is 18.4 Å². The summed E-state index contributed by atoms with van der Waals surface area (Å²) in [7, 11) is 1.26. The van der Waals surface area contributed by atoms with Crippen molar-refractivity contribution in [2.45, 2.75) is 6.92 Å². The van der Waals surface area contributed by atoms with Crippen LogP contribution in [-0.2, 0) is 4.74 Å². The molecule has 27 heavy (non-hydrogen) atoms. The van der Waals surface area contributed by atoms with Crippen molar-refractivity contribution in [1.82, 2.24) is 4.57 Å². The van der Waals surface area contributed by atoms with Gasteiger partial charge in [-0.15, -0.1) is 0 Å². The third-order valence-electron chi connectivity index (χ3n) is 4.29. The van der Waals surface area contributed by atoms with E-state index in [0.717, 1.165) is 11.1 Å². The van der Waals surface area contributed by atoms with Crippen LogP contribution in [0.5, 0.6) is 0 Å². The number of methoxy groups -OCH3 is 1. The first-order valence-corrected chi connectivity index (χ1v) is 8.17. The number of nitrogen functional groups attached to an aromatic ring is 1. The van der Waals surface area contributed by atoms with Crippen LogP contribution in [0.3, 0.4) is 0 Å². The number of nitriles is 1. The Morgan fingerprint density at radius 2 is 1.81 bits per heavy atom. The van der Waals surface area contributed by atoms with Crippen LogP contribution in [0.15, 0.2) is 54.7 Å². The number of benzene rings is 2. The first-order chi connectivity index (χ1) is 13.0. The van der Waals surface area contributed by atoms with Gasteiger partial charge in [-0.2, -0.15) is 5.26 Å². The third-order valence-corrected chi connectivity index (χ3v) is 4.29. The quantitative estimate of drug-likeness (QED) is 0.567. The summed E-state index contributed by atoms with van der Waals surface area (Å²) in [5, 5.41) is 9.20. The standard InChI is InChI=1S/C21H17N3O3/c1-13(25)15-4-3-5-16(10-15)14-6-8-18(9-7-14)24-12-17(11-22)19(23)20(24)21(26)27-2/h3-10,12H,23H2,1-2H3. The van der Waals surface area contributed by atoms with Crippen molar-refractivity contribution >= 4 is 17.4 Å². The van der Waals surface area contributed by atoms with Gasteiger partial charge >= 0.3 is 5.97 Å². The fraction of sp³-hybridized carbons (Fsp3) is 0.0952. The van der Waals surface area contributed by atoms with Gasteiger partial charge in [0.25, 0.3) is 0 Å². The minimum atomic E-state index is -0.618. The Balaban J connectivity index is 2.04. The van der Waals surface area contributed by atoms with E-state index in [-0.39, 0.29) is 22.7 Å². The van der Waals surface area contributed by atoms with E-state index in [1.165, 1.54) is 24.8 Å². The molecule has 3 rings (SSSR count). The number of Topliss-reactive ketones (excluding diaryl/α,β-unsaturated/α-hetero) is 1. The van der Waals surface area contributed by atoms with Crippen molar-refractivity contribution < 1.29 is 14.3 Å². The first kappa shape index (κ1) is 18.0. The summed E-state index contributed by atoms with van der Waals surface area (Å²) < 4.78 is 6.32. The van der Waals surface area contributed by atoms with Crippen molar-refractivity contribution in [3.63, 3.8) is 0 Å². The molecular weight excluding hydrogens is 342 g/mol. The average molecular weight is 359 g/mol. The number of esters is 1. The lowest BCUT2D eigenvalue weighted by molar-refractivity contribution is 0.0593. The second-order valence-corrected chi connectivity index (χ2v) is 5.96. The molecule has 0 unspecified atom stereocenters. The van der Waals surface area contributed by atoms with Crippen LogP contribution in [0.1, 0.15) is 33.3 Å². The number of nitrogens with zero attached hydrogens (tertiary/aromatic N) is 2. The molecule has 0 amide bonds. The lowest BCUT2D eigenvalue weighted by Gasteiger charge is -2.10. The first-order valence-electron chi connectivity index (χ1n) is 8.17. The minimum Gasteiger partial charge on any atom is -0.464 e. The summed E-state index contributed by atoms with van der Waals surface area (Å²) in [6.07, 6.45) is 1.51. The predicted molar refractivity (Wildman–Crippen MR) is 102 cm³/mol. The fourth-order valence-corrected chi connectivity index (χ4v) is 2.85. The Hall–Kier alpha value is -3.85. The van der Waals surface area contributed by atoms with Gasteiger partial charge in [0.15, 0.2) is 11.5 Å². The summed E-state index contributed by atoms with van der Waals surface area (Å²) in [5.74, 6) is -0.615. The van der Waals surface area contributed by atoms with Crippen molar-refractivity contribution in [2.24, 2.45) is 0 Å². The van der Waals surface area contributed by atoms with E-state index >= 15 is 0 Å². The van der Waals surface area contributed by atoms with Gasteiger partial charge in [-0.1, -0.05) is 30.3 Å². The monoisotopic (exact) mass is 359 g/mol. The highest BCUT2D eigenvalue weighted by atomic mass is 16.5. The molecule has 2 N–H and O–H groups in total. The Labute approximate surface area is 156 Å². The molecule has 0 saturated carbocycles. The van der Waals surface area contributed by atoms with Gasteiger partial charge in [0.1, 0.15) is 6.07 Å². The highest BCUT2D eigenvalue weighted by Crippen LogP contribution is 2.27. The van der Waals surface area contributed by atoms with Gasteiger partial charge in [0.2, 0.25) is 0 Å². The Bertz CT molecular complexity index is 1070. The van der Waals surface area contributed by atoms with Crippen molar-refractivity contribution in [2.75, 3.05) is 12.8 Å². The number of rotatable bonds is 4. The number of carbonyl (C=O) groups is 2. The SMILES string of the molecule is COC(=O)c1c(N)c(C#N)cn1-c1ccc(-c2cccc(C(C)=O)c2)cc1. The predicted octanol–water partition coefficient (Wildman–Crippen LogP) is 3.59. The zero-order valence-electron chi connectivity index (χ0n) is 14.9. The fourth-order valence-electron chi connectivity index (χ4n) is 2.85. The smallest absolute Gasteiger partial charge is 0.357 e. The Morgan fingerprint density at radius 3 is 2.41 bits per heavy atom. The molecule has 6 heteroatoms. The van der Waals surface area contributed by atoms with E-state index in [1.807, 2.05) is 48.5 Å². The van der Waals surface area contributed by atoms with Crippen molar-refractivity contribution in [1.29, 1.82) is 5.26 Å². The van der Waals surface area contributed by atoms with Crippen LogP contribution in [0, 0.1) is 11.3 Å². The summed E-state index contributed by atoms with van der Waals surface area (Å²) in [5.41, 5.74) is 9.45. The molecule has 0 fully saturated rings. The largest absolute Gasteiger partial charge is 0.464 e. The van der Waals surface area contributed by atoms with Crippen LogP contribution < -0.4 is 5.73 Å². The second-order valence-electron chi connectivity index (χ2n) is 5.96. The summed E-state index contributed by atoms with van der Waals surface area (Å²) in [6, 6.07) is 16.7. The number of anilines is 1. The molecule has 1 aromatic heterocycles. The zero-order chi connectivity index (χ0) is 19.6. The highest BCUT2D eigenvalue weighted by molar-refractivity contribution is 5.96. The van der Waals surface area contributed by atoms with E-state index in [0.29, 0.717) is 11.3 Å². The van der Waals surface area contributed by atoms with Gasteiger partial charge in [0, 0.05) is 17.4 Å². The molecule has 3 aromatic rings. The minimum absolute atomic E-state index is 0.00281. The topological polar surface area (TPSA) is 98.1 Å².